The molecule has 1 aliphatic heterocycles. The number of morpholine rings is 1. The van der Waals surface area contributed by atoms with Gasteiger partial charge in [0.25, 0.3) is 0 Å². The Morgan fingerprint density at radius 1 is 1.33 bits per heavy atom. The van der Waals surface area contributed by atoms with Crippen molar-refractivity contribution in [2.24, 2.45) is 0 Å². The first kappa shape index (κ1) is 14.7. The second-order valence-corrected chi connectivity index (χ2v) is 6.99. The van der Waals surface area contributed by atoms with Crippen molar-refractivity contribution in [1.29, 1.82) is 0 Å². The number of methoxy groups -OCH3 is 1. The normalized spacial score (nSPS) is 26.0. The van der Waals surface area contributed by atoms with Crippen LogP contribution >= 0.6 is 11.3 Å². The standard InChI is InChI=1S/C15H22N2O3S/c1-8-6-17(7-9(2)20-8)14-11(10-4-5-10)12(16)13(21-14)15(18)19-3/h8-10H,4-7,16H2,1-3H3. The highest BCUT2D eigenvalue weighted by molar-refractivity contribution is 7.18. The maximum absolute atomic E-state index is 11.9. The van der Waals surface area contributed by atoms with Crippen LogP contribution in [-0.4, -0.2) is 38.4 Å². The minimum Gasteiger partial charge on any atom is -0.465 e. The molecule has 21 heavy (non-hydrogen) atoms. The number of carbonyl (C=O) groups is 1. The van der Waals surface area contributed by atoms with Crippen molar-refractivity contribution in [3.63, 3.8) is 0 Å². The van der Waals surface area contributed by atoms with E-state index >= 15 is 0 Å². The van der Waals surface area contributed by atoms with E-state index in [2.05, 4.69) is 18.7 Å². The summed E-state index contributed by atoms with van der Waals surface area (Å²) >= 11 is 1.47. The maximum atomic E-state index is 11.9. The van der Waals surface area contributed by atoms with Gasteiger partial charge in [0.15, 0.2) is 0 Å². The van der Waals surface area contributed by atoms with E-state index in [-0.39, 0.29) is 18.2 Å². The molecule has 0 aromatic carbocycles. The van der Waals surface area contributed by atoms with E-state index in [9.17, 15) is 4.79 Å². The molecule has 1 saturated carbocycles. The van der Waals surface area contributed by atoms with Gasteiger partial charge in [-0.3, -0.25) is 0 Å². The number of nitrogen functional groups attached to an aromatic ring is 1. The average molecular weight is 310 g/mol. The van der Waals surface area contributed by atoms with Crippen LogP contribution in [-0.2, 0) is 9.47 Å². The van der Waals surface area contributed by atoms with Gasteiger partial charge in [-0.05, 0) is 32.6 Å². The van der Waals surface area contributed by atoms with Crippen LogP contribution in [0.4, 0.5) is 10.7 Å². The zero-order valence-corrected chi connectivity index (χ0v) is 13.5. The van der Waals surface area contributed by atoms with Crippen molar-refractivity contribution in [1.82, 2.24) is 0 Å². The smallest absolute Gasteiger partial charge is 0.350 e. The Labute approximate surface area is 129 Å². The second-order valence-electron chi connectivity index (χ2n) is 5.99. The third-order valence-electron chi connectivity index (χ3n) is 4.03. The van der Waals surface area contributed by atoms with Crippen LogP contribution in [0.25, 0.3) is 0 Å². The molecule has 0 spiro atoms. The number of hydrogen-bond donors (Lipinski definition) is 1. The quantitative estimate of drug-likeness (QED) is 0.869. The molecule has 3 rings (SSSR count). The van der Waals surface area contributed by atoms with Gasteiger partial charge >= 0.3 is 5.97 Å². The van der Waals surface area contributed by atoms with Crippen LogP contribution in [0.3, 0.4) is 0 Å². The number of hydrogen-bond acceptors (Lipinski definition) is 6. The van der Waals surface area contributed by atoms with E-state index in [0.717, 1.165) is 36.5 Å². The number of anilines is 2. The first-order valence-corrected chi connectivity index (χ1v) is 8.23. The molecule has 5 nitrogen and oxygen atoms in total. The number of thiophene rings is 1. The minimum atomic E-state index is -0.333. The lowest BCUT2D eigenvalue weighted by atomic mass is 10.1. The molecule has 6 heteroatoms. The topological polar surface area (TPSA) is 64.8 Å². The molecule has 2 unspecified atom stereocenters. The van der Waals surface area contributed by atoms with E-state index in [1.807, 2.05) is 0 Å². The van der Waals surface area contributed by atoms with E-state index in [1.165, 1.54) is 18.4 Å². The highest BCUT2D eigenvalue weighted by atomic mass is 32.1. The van der Waals surface area contributed by atoms with Crippen molar-refractivity contribution in [3.05, 3.63) is 10.4 Å². The third-order valence-corrected chi connectivity index (χ3v) is 5.29. The summed E-state index contributed by atoms with van der Waals surface area (Å²) in [6.45, 7) is 5.84. The molecule has 1 aliphatic carbocycles. The second kappa shape index (κ2) is 5.50. The first-order valence-electron chi connectivity index (χ1n) is 7.42. The monoisotopic (exact) mass is 310 g/mol. The lowest BCUT2D eigenvalue weighted by Crippen LogP contribution is -2.45. The molecule has 2 N–H and O–H groups in total. The van der Waals surface area contributed by atoms with Crippen LogP contribution in [0.5, 0.6) is 0 Å². The van der Waals surface area contributed by atoms with E-state index < -0.39 is 0 Å². The van der Waals surface area contributed by atoms with Gasteiger partial charge in [0.1, 0.15) is 4.88 Å². The van der Waals surface area contributed by atoms with Gasteiger partial charge in [-0.25, -0.2) is 4.79 Å². The SMILES string of the molecule is COC(=O)c1sc(N2CC(C)OC(C)C2)c(C2CC2)c1N. The van der Waals surface area contributed by atoms with Crippen molar-refractivity contribution in [2.75, 3.05) is 30.8 Å². The van der Waals surface area contributed by atoms with E-state index in [1.54, 1.807) is 0 Å². The molecule has 116 valence electrons. The highest BCUT2D eigenvalue weighted by Crippen LogP contribution is 2.52. The van der Waals surface area contributed by atoms with Gasteiger partial charge in [0.05, 0.1) is 30.0 Å². The largest absolute Gasteiger partial charge is 0.465 e. The maximum Gasteiger partial charge on any atom is 0.350 e. The molecule has 1 saturated heterocycles. The Hall–Kier alpha value is -1.27. The fraction of sp³-hybridized carbons (Fsp3) is 0.667. The highest BCUT2D eigenvalue weighted by Gasteiger charge is 2.36. The molecule has 2 atom stereocenters. The lowest BCUT2D eigenvalue weighted by Gasteiger charge is -2.36. The first-order chi connectivity index (χ1) is 10.0. The molecule has 0 radical (unpaired) electrons. The molecule has 2 heterocycles. The Balaban J connectivity index is 1.98. The van der Waals surface area contributed by atoms with E-state index in [4.69, 9.17) is 15.2 Å². The van der Waals surface area contributed by atoms with Crippen LogP contribution in [0, 0.1) is 0 Å². The number of esters is 1. The Morgan fingerprint density at radius 2 is 1.95 bits per heavy atom. The average Bonchev–Trinajstić information content (AvgIpc) is 3.20. The van der Waals surface area contributed by atoms with E-state index in [0.29, 0.717) is 16.5 Å². The number of nitrogens with two attached hydrogens (primary N) is 1. The molecular formula is C15H22N2O3S. The fourth-order valence-corrected chi connectivity index (χ4v) is 4.28. The molecule has 2 fully saturated rings. The summed E-state index contributed by atoms with van der Waals surface area (Å²) in [4.78, 5) is 14.8. The zero-order chi connectivity index (χ0) is 15.1. The predicted molar refractivity (Wildman–Crippen MR) is 84.3 cm³/mol. The molecule has 1 aromatic heterocycles. The molecule has 0 amide bonds. The lowest BCUT2D eigenvalue weighted by molar-refractivity contribution is -0.00505. The molecule has 2 aliphatic rings. The Bertz CT molecular complexity index is 543. The Morgan fingerprint density at radius 3 is 2.48 bits per heavy atom. The summed E-state index contributed by atoms with van der Waals surface area (Å²) in [5, 5.41) is 1.14. The van der Waals surface area contributed by atoms with Crippen LogP contribution in [0.15, 0.2) is 0 Å². The van der Waals surface area contributed by atoms with Crippen molar-refractivity contribution in [2.45, 2.75) is 44.8 Å². The van der Waals surface area contributed by atoms with Crippen molar-refractivity contribution in [3.8, 4) is 0 Å². The molecule has 1 aromatic rings. The number of nitrogens with zero attached hydrogens (tertiary/aromatic N) is 1. The Kier molecular flexibility index (Phi) is 3.84. The number of ether oxygens (including phenoxy) is 2. The predicted octanol–water partition coefficient (Wildman–Crippen LogP) is 2.61. The van der Waals surface area contributed by atoms with Crippen molar-refractivity contribution >= 4 is 28.0 Å². The summed E-state index contributed by atoms with van der Waals surface area (Å²) in [7, 11) is 1.40. The van der Waals surface area contributed by atoms with Gasteiger partial charge in [-0.15, -0.1) is 11.3 Å². The fourth-order valence-electron chi connectivity index (χ4n) is 3.03. The van der Waals surface area contributed by atoms with Gasteiger partial charge in [-0.1, -0.05) is 0 Å². The summed E-state index contributed by atoms with van der Waals surface area (Å²) in [5.41, 5.74) is 8.02. The number of carbonyl (C=O) groups excluding carboxylic acids is 1. The summed E-state index contributed by atoms with van der Waals surface area (Å²) in [5.74, 6) is 0.170. The van der Waals surface area contributed by atoms with Gasteiger partial charge < -0.3 is 20.1 Å². The zero-order valence-electron chi connectivity index (χ0n) is 12.7. The van der Waals surface area contributed by atoms with Crippen LogP contribution < -0.4 is 10.6 Å². The number of rotatable bonds is 3. The van der Waals surface area contributed by atoms with Crippen molar-refractivity contribution < 1.29 is 14.3 Å². The van der Waals surface area contributed by atoms with Gasteiger partial charge in [-0.2, -0.15) is 0 Å². The van der Waals surface area contributed by atoms with Crippen LogP contribution in [0.1, 0.15) is 47.8 Å². The minimum absolute atomic E-state index is 0.186. The van der Waals surface area contributed by atoms with Gasteiger partial charge in [0, 0.05) is 18.7 Å². The van der Waals surface area contributed by atoms with Crippen LogP contribution in [0.2, 0.25) is 0 Å². The molecular weight excluding hydrogens is 288 g/mol. The van der Waals surface area contributed by atoms with Gasteiger partial charge in [0.2, 0.25) is 0 Å². The summed E-state index contributed by atoms with van der Waals surface area (Å²) < 4.78 is 10.7. The summed E-state index contributed by atoms with van der Waals surface area (Å²) in [6, 6.07) is 0. The third kappa shape index (κ3) is 2.74. The summed E-state index contributed by atoms with van der Waals surface area (Å²) in [6.07, 6.45) is 2.69. The molecule has 0 bridgehead atoms.